The second kappa shape index (κ2) is 4.33. The third-order valence-electron chi connectivity index (χ3n) is 2.38. The van der Waals surface area contributed by atoms with Crippen LogP contribution in [0.4, 0.5) is 4.39 Å². The van der Waals surface area contributed by atoms with Crippen LogP contribution in [0.5, 0.6) is 5.75 Å². The van der Waals surface area contributed by atoms with E-state index < -0.39 is 21.8 Å². The first kappa shape index (κ1) is 11.9. The SMILES string of the molecule is O=S1(=O)CCC(Oc2cc(Br)ccc2F)C1. The number of halogens is 2. The van der Waals surface area contributed by atoms with Gasteiger partial charge in [-0.15, -0.1) is 0 Å². The van der Waals surface area contributed by atoms with Gasteiger partial charge in [-0.2, -0.15) is 0 Å². The summed E-state index contributed by atoms with van der Waals surface area (Å²) in [6, 6.07) is 4.34. The molecule has 0 spiro atoms. The zero-order chi connectivity index (χ0) is 11.8. The number of hydrogen-bond acceptors (Lipinski definition) is 3. The van der Waals surface area contributed by atoms with E-state index in [9.17, 15) is 12.8 Å². The van der Waals surface area contributed by atoms with E-state index in [-0.39, 0.29) is 17.3 Å². The molecule has 16 heavy (non-hydrogen) atoms. The largest absolute Gasteiger partial charge is 0.486 e. The summed E-state index contributed by atoms with van der Waals surface area (Å²) >= 11 is 3.20. The van der Waals surface area contributed by atoms with E-state index >= 15 is 0 Å². The molecular formula is C10H10BrFO3S. The zero-order valence-electron chi connectivity index (χ0n) is 8.32. The van der Waals surface area contributed by atoms with E-state index in [0.717, 1.165) is 0 Å². The zero-order valence-corrected chi connectivity index (χ0v) is 10.7. The summed E-state index contributed by atoms with van der Waals surface area (Å²) in [5, 5.41) is 0. The van der Waals surface area contributed by atoms with E-state index in [0.29, 0.717) is 10.9 Å². The number of ether oxygens (including phenoxy) is 1. The van der Waals surface area contributed by atoms with Crippen LogP contribution in [0, 0.1) is 5.82 Å². The second-order valence-electron chi connectivity index (χ2n) is 3.72. The molecule has 1 aliphatic heterocycles. The van der Waals surface area contributed by atoms with Gasteiger partial charge in [-0.05, 0) is 24.6 Å². The van der Waals surface area contributed by atoms with E-state index in [1.54, 1.807) is 6.07 Å². The van der Waals surface area contributed by atoms with Crippen LogP contribution in [0.15, 0.2) is 22.7 Å². The molecule has 1 aromatic rings. The lowest BCUT2D eigenvalue weighted by atomic mass is 10.3. The molecule has 0 aliphatic carbocycles. The molecule has 88 valence electrons. The molecule has 1 unspecified atom stereocenters. The molecule has 1 fully saturated rings. The van der Waals surface area contributed by atoms with Gasteiger partial charge in [0.1, 0.15) is 6.10 Å². The molecule has 1 saturated heterocycles. The van der Waals surface area contributed by atoms with E-state index in [1.165, 1.54) is 12.1 Å². The minimum absolute atomic E-state index is 0.0288. The predicted octanol–water partition coefficient (Wildman–Crippen LogP) is 2.15. The van der Waals surface area contributed by atoms with Gasteiger partial charge >= 0.3 is 0 Å². The Bertz CT molecular complexity index is 501. The van der Waals surface area contributed by atoms with Gasteiger partial charge < -0.3 is 4.74 Å². The fraction of sp³-hybridized carbons (Fsp3) is 0.400. The van der Waals surface area contributed by atoms with Gasteiger partial charge in [-0.1, -0.05) is 15.9 Å². The molecule has 0 aromatic heterocycles. The molecular weight excluding hydrogens is 299 g/mol. The van der Waals surface area contributed by atoms with Gasteiger partial charge in [-0.25, -0.2) is 12.8 Å². The third kappa shape index (κ3) is 2.74. The van der Waals surface area contributed by atoms with Crippen molar-refractivity contribution in [2.24, 2.45) is 0 Å². The Hall–Kier alpha value is -0.620. The first-order valence-electron chi connectivity index (χ1n) is 4.78. The molecule has 2 rings (SSSR count). The number of benzene rings is 1. The van der Waals surface area contributed by atoms with Crippen molar-refractivity contribution in [3.05, 3.63) is 28.5 Å². The maximum Gasteiger partial charge on any atom is 0.165 e. The van der Waals surface area contributed by atoms with Crippen molar-refractivity contribution in [3.63, 3.8) is 0 Å². The van der Waals surface area contributed by atoms with Crippen LogP contribution < -0.4 is 4.74 Å². The first-order valence-corrected chi connectivity index (χ1v) is 7.40. The standard InChI is InChI=1S/C10H10BrFO3S/c11-7-1-2-9(12)10(5-7)15-8-3-4-16(13,14)6-8/h1-2,5,8H,3-4,6H2. The van der Waals surface area contributed by atoms with Crippen molar-refractivity contribution in [1.82, 2.24) is 0 Å². The topological polar surface area (TPSA) is 43.4 Å². The van der Waals surface area contributed by atoms with Crippen molar-refractivity contribution in [1.29, 1.82) is 0 Å². The van der Waals surface area contributed by atoms with Crippen LogP contribution in [0.1, 0.15) is 6.42 Å². The highest BCUT2D eigenvalue weighted by molar-refractivity contribution is 9.10. The first-order chi connectivity index (χ1) is 7.46. The van der Waals surface area contributed by atoms with Crippen LogP contribution in [0.2, 0.25) is 0 Å². The van der Waals surface area contributed by atoms with Crippen LogP contribution in [-0.2, 0) is 9.84 Å². The quantitative estimate of drug-likeness (QED) is 0.841. The fourth-order valence-electron chi connectivity index (χ4n) is 1.60. The van der Waals surface area contributed by atoms with Crippen molar-refractivity contribution >= 4 is 25.8 Å². The van der Waals surface area contributed by atoms with Crippen molar-refractivity contribution in [2.75, 3.05) is 11.5 Å². The normalized spacial score (nSPS) is 23.2. The Morgan fingerprint density at radius 1 is 1.44 bits per heavy atom. The van der Waals surface area contributed by atoms with Crippen molar-refractivity contribution < 1.29 is 17.5 Å². The molecule has 1 aromatic carbocycles. The summed E-state index contributed by atoms with van der Waals surface area (Å²) in [6.45, 7) is 0. The summed E-state index contributed by atoms with van der Waals surface area (Å²) in [7, 11) is -3.00. The molecule has 1 atom stereocenters. The minimum Gasteiger partial charge on any atom is -0.486 e. The summed E-state index contributed by atoms with van der Waals surface area (Å²) in [5.41, 5.74) is 0. The van der Waals surface area contributed by atoms with E-state index in [1.807, 2.05) is 0 Å². The maximum atomic E-state index is 13.3. The average Bonchev–Trinajstić information content (AvgIpc) is 2.52. The van der Waals surface area contributed by atoms with Crippen LogP contribution in [0.25, 0.3) is 0 Å². The lowest BCUT2D eigenvalue weighted by molar-refractivity contribution is 0.218. The molecule has 1 aliphatic rings. The third-order valence-corrected chi connectivity index (χ3v) is 4.61. The number of hydrogen-bond donors (Lipinski definition) is 0. The summed E-state index contributed by atoms with van der Waals surface area (Å²) in [4.78, 5) is 0. The Morgan fingerprint density at radius 2 is 2.19 bits per heavy atom. The number of sulfone groups is 1. The molecule has 0 amide bonds. The van der Waals surface area contributed by atoms with Gasteiger partial charge in [0.2, 0.25) is 0 Å². The summed E-state index contributed by atoms with van der Waals surface area (Å²) in [6.07, 6.45) is -0.0114. The molecule has 1 heterocycles. The smallest absolute Gasteiger partial charge is 0.165 e. The van der Waals surface area contributed by atoms with Crippen LogP contribution in [0.3, 0.4) is 0 Å². The maximum absolute atomic E-state index is 13.3. The summed E-state index contributed by atoms with van der Waals surface area (Å²) in [5.74, 6) is -0.296. The van der Waals surface area contributed by atoms with Gasteiger partial charge in [0.15, 0.2) is 21.4 Å². The van der Waals surface area contributed by atoms with Crippen molar-refractivity contribution in [2.45, 2.75) is 12.5 Å². The van der Waals surface area contributed by atoms with E-state index in [4.69, 9.17) is 4.74 Å². The van der Waals surface area contributed by atoms with Gasteiger partial charge in [0.05, 0.1) is 11.5 Å². The summed E-state index contributed by atoms with van der Waals surface area (Å²) < 4.78 is 41.8. The van der Waals surface area contributed by atoms with Crippen molar-refractivity contribution in [3.8, 4) is 5.75 Å². The Balaban J connectivity index is 2.13. The van der Waals surface area contributed by atoms with Gasteiger partial charge in [0.25, 0.3) is 0 Å². The monoisotopic (exact) mass is 308 g/mol. The molecule has 6 heteroatoms. The Kier molecular flexibility index (Phi) is 3.21. The highest BCUT2D eigenvalue weighted by Gasteiger charge is 2.29. The number of rotatable bonds is 2. The molecule has 0 radical (unpaired) electrons. The fourth-order valence-corrected chi connectivity index (χ4v) is 3.53. The predicted molar refractivity (Wildman–Crippen MR) is 61.8 cm³/mol. The minimum atomic E-state index is -3.00. The molecule has 0 bridgehead atoms. The van der Waals surface area contributed by atoms with Gasteiger partial charge in [0, 0.05) is 4.47 Å². The highest BCUT2D eigenvalue weighted by atomic mass is 79.9. The van der Waals surface area contributed by atoms with Crippen LogP contribution >= 0.6 is 15.9 Å². The highest BCUT2D eigenvalue weighted by Crippen LogP contribution is 2.25. The second-order valence-corrected chi connectivity index (χ2v) is 6.86. The van der Waals surface area contributed by atoms with Gasteiger partial charge in [-0.3, -0.25) is 0 Å². The molecule has 0 N–H and O–H groups in total. The molecule has 3 nitrogen and oxygen atoms in total. The Morgan fingerprint density at radius 3 is 2.81 bits per heavy atom. The van der Waals surface area contributed by atoms with E-state index in [2.05, 4.69) is 15.9 Å². The lowest BCUT2D eigenvalue weighted by Crippen LogP contribution is -2.18. The lowest BCUT2D eigenvalue weighted by Gasteiger charge is -2.12. The molecule has 0 saturated carbocycles. The van der Waals surface area contributed by atoms with Crippen LogP contribution in [-0.4, -0.2) is 26.0 Å². The Labute approximate surface area is 102 Å². The average molecular weight is 309 g/mol.